The quantitative estimate of drug-likeness (QED) is 0.399. The van der Waals surface area contributed by atoms with Gasteiger partial charge in [-0.25, -0.2) is 0 Å². The van der Waals surface area contributed by atoms with E-state index < -0.39 is 0 Å². The highest BCUT2D eigenvalue weighted by Gasteiger charge is 2.24. The molecule has 0 heterocycles. The first kappa shape index (κ1) is 22.7. The van der Waals surface area contributed by atoms with Crippen molar-refractivity contribution in [1.82, 2.24) is 0 Å². The van der Waals surface area contributed by atoms with Crippen LogP contribution in [0.15, 0.2) is 94.6 Å². The molecule has 0 radical (unpaired) electrons. The van der Waals surface area contributed by atoms with E-state index in [1.807, 2.05) is 0 Å². The van der Waals surface area contributed by atoms with E-state index in [1.165, 1.54) is 72.4 Å². The predicted octanol–water partition coefficient (Wildman–Crippen LogP) is 9.07. The van der Waals surface area contributed by atoms with Crippen molar-refractivity contribution >= 4 is 11.6 Å². The highest BCUT2D eigenvalue weighted by Crippen LogP contribution is 2.42. The first-order chi connectivity index (χ1) is 16.5. The molecule has 172 valence electrons. The lowest BCUT2D eigenvalue weighted by molar-refractivity contribution is 1.02. The molecule has 0 fully saturated rings. The second-order valence-corrected chi connectivity index (χ2v) is 10.1. The third kappa shape index (κ3) is 4.23. The maximum Gasteiger partial charge on any atom is -0.00136 e. The second-order valence-electron chi connectivity index (χ2n) is 10.1. The number of hydrogen-bond donors (Lipinski definition) is 0. The van der Waals surface area contributed by atoms with Gasteiger partial charge in [0, 0.05) is 0 Å². The second kappa shape index (κ2) is 9.26. The molecule has 0 saturated carbocycles. The number of aryl methyl sites for hydroxylation is 3. The van der Waals surface area contributed by atoms with Crippen LogP contribution in [-0.4, -0.2) is 0 Å². The van der Waals surface area contributed by atoms with Crippen molar-refractivity contribution in [3.63, 3.8) is 0 Å². The van der Waals surface area contributed by atoms with Gasteiger partial charge < -0.3 is 0 Å². The minimum Gasteiger partial charge on any atom is -0.0952 e. The summed E-state index contributed by atoms with van der Waals surface area (Å²) in [7, 11) is 0. The molecule has 34 heavy (non-hydrogen) atoms. The molecule has 2 aromatic rings. The lowest BCUT2D eigenvalue weighted by atomic mass is 9.90. The maximum absolute atomic E-state index is 4.56. The van der Waals surface area contributed by atoms with Crippen LogP contribution in [0.1, 0.15) is 73.4 Å². The van der Waals surface area contributed by atoms with Crippen molar-refractivity contribution in [2.75, 3.05) is 0 Å². The maximum atomic E-state index is 4.56. The van der Waals surface area contributed by atoms with Crippen LogP contribution in [0.4, 0.5) is 0 Å². The zero-order chi connectivity index (χ0) is 23.8. The first-order valence-electron chi connectivity index (χ1n) is 12.9. The van der Waals surface area contributed by atoms with Gasteiger partial charge in [-0.2, -0.15) is 0 Å². The molecule has 0 N–H and O–H groups in total. The normalized spacial score (nSPS) is 16.9. The average molecular weight is 445 g/mol. The van der Waals surface area contributed by atoms with E-state index in [1.54, 1.807) is 0 Å². The number of benzene rings is 2. The summed E-state index contributed by atoms with van der Waals surface area (Å²) in [4.78, 5) is 0. The Labute approximate surface area is 205 Å². The molecule has 0 amide bonds. The van der Waals surface area contributed by atoms with E-state index in [0.717, 1.165) is 38.5 Å². The molecule has 3 aliphatic carbocycles. The van der Waals surface area contributed by atoms with Gasteiger partial charge in [0.15, 0.2) is 0 Å². The number of hydrogen-bond acceptors (Lipinski definition) is 0. The summed E-state index contributed by atoms with van der Waals surface area (Å²) in [5.41, 5.74) is 18.5. The van der Waals surface area contributed by atoms with Crippen molar-refractivity contribution in [2.45, 2.75) is 66.2 Å². The van der Waals surface area contributed by atoms with Crippen molar-refractivity contribution in [3.05, 3.63) is 128 Å². The van der Waals surface area contributed by atoms with Gasteiger partial charge in [-0.1, -0.05) is 86.7 Å². The smallest absolute Gasteiger partial charge is 0.00136 e. The molecular formula is C34H36. The Morgan fingerprint density at radius 1 is 0.853 bits per heavy atom. The Kier molecular flexibility index (Phi) is 6.17. The summed E-state index contributed by atoms with van der Waals surface area (Å²) in [6.45, 7) is 13.5. The SMILES string of the molecule is C=C(CC1=CCC=C1C1=Cc2cc(CC)c(CC)cc2C1)C1=C(C)C=C(c2ccc(C)cc2)C1. The third-order valence-corrected chi connectivity index (χ3v) is 7.80. The van der Waals surface area contributed by atoms with Crippen molar-refractivity contribution in [1.29, 1.82) is 0 Å². The van der Waals surface area contributed by atoms with Gasteiger partial charge in [0.25, 0.3) is 0 Å². The largest absolute Gasteiger partial charge is 0.0952 e. The third-order valence-electron chi connectivity index (χ3n) is 7.80. The summed E-state index contributed by atoms with van der Waals surface area (Å²) in [6, 6.07) is 13.8. The lowest BCUT2D eigenvalue weighted by Crippen LogP contribution is -1.98. The predicted molar refractivity (Wildman–Crippen MR) is 148 cm³/mol. The van der Waals surface area contributed by atoms with Crippen LogP contribution < -0.4 is 0 Å². The number of allylic oxidation sites excluding steroid dienone is 10. The van der Waals surface area contributed by atoms with Crippen LogP contribution in [-0.2, 0) is 19.3 Å². The Bertz CT molecular complexity index is 1310. The van der Waals surface area contributed by atoms with Gasteiger partial charge in [0.05, 0.1) is 0 Å². The van der Waals surface area contributed by atoms with E-state index in [0.29, 0.717) is 0 Å². The molecular weight excluding hydrogens is 408 g/mol. The minimum absolute atomic E-state index is 0.946. The van der Waals surface area contributed by atoms with Gasteiger partial charge in [-0.15, -0.1) is 0 Å². The van der Waals surface area contributed by atoms with E-state index in [-0.39, 0.29) is 0 Å². The molecule has 0 spiro atoms. The zero-order valence-corrected chi connectivity index (χ0v) is 21.2. The van der Waals surface area contributed by atoms with E-state index >= 15 is 0 Å². The molecule has 0 aliphatic heterocycles. The molecule has 0 saturated heterocycles. The monoisotopic (exact) mass is 444 g/mol. The standard InChI is InChI=1S/C34H36/c1-6-25-17-30-19-32(20-31(30)18-26(25)7-2)33-10-8-9-28(33)15-23(4)34-21-29(16-24(34)5)27-13-11-22(3)12-14-27/h9-14,16-19H,4,6-8,15,20-21H2,1-3,5H3. The van der Waals surface area contributed by atoms with Crippen LogP contribution >= 0.6 is 0 Å². The van der Waals surface area contributed by atoms with E-state index in [2.05, 4.69) is 95.0 Å². The van der Waals surface area contributed by atoms with E-state index in [9.17, 15) is 0 Å². The van der Waals surface area contributed by atoms with Gasteiger partial charge in [0.2, 0.25) is 0 Å². The fraction of sp³-hybridized carbons (Fsp3) is 0.294. The summed E-state index contributed by atoms with van der Waals surface area (Å²) in [5, 5.41) is 0. The highest BCUT2D eigenvalue weighted by atomic mass is 14.3. The van der Waals surface area contributed by atoms with Crippen LogP contribution in [0, 0.1) is 6.92 Å². The van der Waals surface area contributed by atoms with Gasteiger partial charge >= 0.3 is 0 Å². The van der Waals surface area contributed by atoms with E-state index in [4.69, 9.17) is 0 Å². The molecule has 3 aliphatic rings. The Morgan fingerprint density at radius 3 is 2.32 bits per heavy atom. The molecule has 0 bridgehead atoms. The molecule has 2 aromatic carbocycles. The van der Waals surface area contributed by atoms with Gasteiger partial charge in [0.1, 0.15) is 0 Å². The Balaban J connectivity index is 1.29. The van der Waals surface area contributed by atoms with Crippen LogP contribution in [0.3, 0.4) is 0 Å². The van der Waals surface area contributed by atoms with Crippen LogP contribution in [0.5, 0.6) is 0 Å². The molecule has 0 heteroatoms. The summed E-state index contributed by atoms with van der Waals surface area (Å²) < 4.78 is 0. The molecule has 5 rings (SSSR count). The highest BCUT2D eigenvalue weighted by molar-refractivity contribution is 5.77. The number of rotatable bonds is 7. The van der Waals surface area contributed by atoms with Crippen LogP contribution in [0.2, 0.25) is 0 Å². The zero-order valence-electron chi connectivity index (χ0n) is 21.2. The lowest BCUT2D eigenvalue weighted by Gasteiger charge is -2.15. The molecule has 0 aromatic heterocycles. The molecule has 0 unspecified atom stereocenters. The van der Waals surface area contributed by atoms with Crippen molar-refractivity contribution < 1.29 is 0 Å². The average Bonchev–Trinajstić information content (AvgIpc) is 3.56. The Hall–Kier alpha value is -3.12. The molecule has 0 atom stereocenters. The topological polar surface area (TPSA) is 0 Å². The van der Waals surface area contributed by atoms with Crippen molar-refractivity contribution in [3.8, 4) is 0 Å². The van der Waals surface area contributed by atoms with Gasteiger partial charge in [-0.3, -0.25) is 0 Å². The summed E-state index contributed by atoms with van der Waals surface area (Å²) in [5.74, 6) is 0. The summed E-state index contributed by atoms with van der Waals surface area (Å²) in [6.07, 6.45) is 15.9. The minimum atomic E-state index is 0.946. The fourth-order valence-corrected chi connectivity index (χ4v) is 5.81. The number of fused-ring (bicyclic) bond motifs is 1. The fourth-order valence-electron chi connectivity index (χ4n) is 5.81. The first-order valence-corrected chi connectivity index (χ1v) is 12.9. The van der Waals surface area contributed by atoms with Crippen LogP contribution in [0.25, 0.3) is 11.6 Å². The summed E-state index contributed by atoms with van der Waals surface area (Å²) >= 11 is 0. The van der Waals surface area contributed by atoms with Gasteiger partial charge in [-0.05, 0) is 119 Å². The Morgan fingerprint density at radius 2 is 1.59 bits per heavy atom. The van der Waals surface area contributed by atoms with Crippen molar-refractivity contribution in [2.24, 2.45) is 0 Å². The molecule has 0 nitrogen and oxygen atoms in total.